The predicted octanol–water partition coefficient (Wildman–Crippen LogP) is 4.38. The van der Waals surface area contributed by atoms with Crippen LogP contribution in [0.2, 0.25) is 10.0 Å². The first kappa shape index (κ1) is 15.2. The van der Waals surface area contributed by atoms with Crippen LogP contribution >= 0.6 is 23.2 Å². The molecule has 2 N–H and O–H groups in total. The van der Waals surface area contributed by atoms with Gasteiger partial charge in [-0.05, 0) is 42.2 Å². The lowest BCUT2D eigenvalue weighted by Crippen LogP contribution is -2.26. The van der Waals surface area contributed by atoms with E-state index < -0.39 is 5.82 Å². The van der Waals surface area contributed by atoms with E-state index in [0.717, 1.165) is 5.56 Å². The third-order valence-electron chi connectivity index (χ3n) is 3.01. The van der Waals surface area contributed by atoms with Crippen molar-refractivity contribution in [2.45, 2.75) is 18.9 Å². The van der Waals surface area contributed by atoms with Crippen LogP contribution in [0.4, 0.5) is 8.78 Å². The molecular weight excluding hydrogens is 303 g/mol. The molecule has 106 valence electrons. The van der Waals surface area contributed by atoms with Crippen molar-refractivity contribution in [3.63, 3.8) is 0 Å². The van der Waals surface area contributed by atoms with Crippen LogP contribution in [-0.2, 0) is 12.8 Å². The zero-order valence-electron chi connectivity index (χ0n) is 10.5. The van der Waals surface area contributed by atoms with E-state index in [9.17, 15) is 8.78 Å². The summed E-state index contributed by atoms with van der Waals surface area (Å²) in [4.78, 5) is 0. The molecular formula is C15H13Cl2F2N. The lowest BCUT2D eigenvalue weighted by molar-refractivity contribution is 0.616. The molecule has 0 aliphatic carbocycles. The summed E-state index contributed by atoms with van der Waals surface area (Å²) in [5.41, 5.74) is 7.44. The number of rotatable bonds is 4. The molecule has 0 amide bonds. The quantitative estimate of drug-likeness (QED) is 0.890. The minimum Gasteiger partial charge on any atom is -0.327 e. The molecule has 2 rings (SSSR count). The molecule has 2 aromatic rings. The Kier molecular flexibility index (Phi) is 4.97. The molecule has 0 bridgehead atoms. The number of benzene rings is 2. The highest BCUT2D eigenvalue weighted by Gasteiger charge is 2.12. The molecule has 0 aliphatic heterocycles. The van der Waals surface area contributed by atoms with E-state index in [4.69, 9.17) is 28.9 Å². The van der Waals surface area contributed by atoms with Crippen molar-refractivity contribution in [2.75, 3.05) is 0 Å². The Bertz CT molecular complexity index is 617. The van der Waals surface area contributed by atoms with Gasteiger partial charge in [-0.25, -0.2) is 8.78 Å². The molecule has 0 fully saturated rings. The van der Waals surface area contributed by atoms with Gasteiger partial charge < -0.3 is 5.73 Å². The molecule has 5 heteroatoms. The Labute approximate surface area is 126 Å². The average molecular weight is 316 g/mol. The monoisotopic (exact) mass is 315 g/mol. The van der Waals surface area contributed by atoms with Gasteiger partial charge in [0.2, 0.25) is 0 Å². The van der Waals surface area contributed by atoms with E-state index in [1.54, 1.807) is 18.2 Å². The molecule has 20 heavy (non-hydrogen) atoms. The molecule has 0 aliphatic rings. The first-order valence-corrected chi connectivity index (χ1v) is 6.85. The van der Waals surface area contributed by atoms with Crippen LogP contribution in [0.5, 0.6) is 0 Å². The summed E-state index contributed by atoms with van der Waals surface area (Å²) in [6.45, 7) is 0. The van der Waals surface area contributed by atoms with Gasteiger partial charge in [-0.2, -0.15) is 0 Å². The van der Waals surface area contributed by atoms with Crippen LogP contribution in [0.3, 0.4) is 0 Å². The van der Waals surface area contributed by atoms with Crippen LogP contribution in [0.15, 0.2) is 36.4 Å². The molecule has 0 heterocycles. The van der Waals surface area contributed by atoms with E-state index in [1.807, 2.05) is 0 Å². The van der Waals surface area contributed by atoms with Gasteiger partial charge in [0, 0.05) is 11.1 Å². The minimum atomic E-state index is -0.462. The second-order valence-electron chi connectivity index (χ2n) is 4.62. The third kappa shape index (κ3) is 3.69. The first-order chi connectivity index (χ1) is 9.47. The second-order valence-corrected chi connectivity index (χ2v) is 5.40. The maximum Gasteiger partial charge on any atom is 0.142 e. The standard InChI is InChI=1S/C15H13Cl2F2N/c16-13-8-11(18)5-4-9(13)6-12(20)7-10-2-1-3-14(19)15(10)17/h1-5,8,12H,6-7,20H2. The molecule has 0 saturated carbocycles. The summed E-state index contributed by atoms with van der Waals surface area (Å²) in [5, 5.41) is 0.430. The minimum absolute atomic E-state index is 0.0909. The fourth-order valence-electron chi connectivity index (χ4n) is 2.03. The van der Waals surface area contributed by atoms with Crippen molar-refractivity contribution in [1.82, 2.24) is 0 Å². The van der Waals surface area contributed by atoms with Gasteiger partial charge in [0.1, 0.15) is 11.6 Å². The number of halogens is 4. The summed E-state index contributed by atoms with van der Waals surface area (Å²) in [7, 11) is 0. The summed E-state index contributed by atoms with van der Waals surface area (Å²) in [6.07, 6.45) is 0.885. The second kappa shape index (κ2) is 6.53. The summed E-state index contributed by atoms with van der Waals surface area (Å²) < 4.78 is 26.3. The van der Waals surface area contributed by atoms with Gasteiger partial charge in [0.15, 0.2) is 0 Å². The predicted molar refractivity (Wildman–Crippen MR) is 78.2 cm³/mol. The van der Waals surface area contributed by atoms with E-state index in [0.29, 0.717) is 23.4 Å². The smallest absolute Gasteiger partial charge is 0.142 e. The maximum atomic E-state index is 13.3. The Morgan fingerprint density at radius 2 is 1.70 bits per heavy atom. The van der Waals surface area contributed by atoms with Crippen LogP contribution in [-0.4, -0.2) is 6.04 Å². The van der Waals surface area contributed by atoms with Gasteiger partial charge in [0.05, 0.1) is 5.02 Å². The Morgan fingerprint density at radius 3 is 2.40 bits per heavy atom. The largest absolute Gasteiger partial charge is 0.327 e. The zero-order chi connectivity index (χ0) is 14.7. The van der Waals surface area contributed by atoms with E-state index in [2.05, 4.69) is 0 Å². The summed E-state index contributed by atoms with van der Waals surface area (Å²) in [5.74, 6) is -0.850. The lowest BCUT2D eigenvalue weighted by atomic mass is 9.99. The summed E-state index contributed by atoms with van der Waals surface area (Å²) in [6, 6.07) is 8.53. The van der Waals surface area contributed by atoms with Crippen molar-refractivity contribution in [3.8, 4) is 0 Å². The summed E-state index contributed by atoms with van der Waals surface area (Å²) >= 11 is 11.8. The Hall–Kier alpha value is -1.16. The normalized spacial score (nSPS) is 12.4. The molecule has 1 nitrogen and oxygen atoms in total. The van der Waals surface area contributed by atoms with Crippen molar-refractivity contribution >= 4 is 23.2 Å². The van der Waals surface area contributed by atoms with Crippen molar-refractivity contribution < 1.29 is 8.78 Å². The highest BCUT2D eigenvalue weighted by molar-refractivity contribution is 6.31. The van der Waals surface area contributed by atoms with Gasteiger partial charge >= 0.3 is 0 Å². The van der Waals surface area contributed by atoms with Crippen molar-refractivity contribution in [1.29, 1.82) is 0 Å². The lowest BCUT2D eigenvalue weighted by Gasteiger charge is -2.14. The van der Waals surface area contributed by atoms with Gasteiger partial charge in [0.25, 0.3) is 0 Å². The first-order valence-electron chi connectivity index (χ1n) is 6.09. The van der Waals surface area contributed by atoms with Gasteiger partial charge in [-0.15, -0.1) is 0 Å². The van der Waals surface area contributed by atoms with E-state index in [-0.39, 0.29) is 16.9 Å². The molecule has 0 spiro atoms. The molecule has 1 unspecified atom stereocenters. The average Bonchev–Trinajstić information content (AvgIpc) is 2.38. The molecule has 1 atom stereocenters. The van der Waals surface area contributed by atoms with Crippen LogP contribution in [0.1, 0.15) is 11.1 Å². The highest BCUT2D eigenvalue weighted by Crippen LogP contribution is 2.23. The number of nitrogens with two attached hydrogens (primary N) is 1. The molecule has 0 aromatic heterocycles. The van der Waals surface area contributed by atoms with Crippen molar-refractivity contribution in [3.05, 3.63) is 69.2 Å². The van der Waals surface area contributed by atoms with Crippen LogP contribution < -0.4 is 5.73 Å². The van der Waals surface area contributed by atoms with Crippen molar-refractivity contribution in [2.24, 2.45) is 5.73 Å². The fourth-order valence-corrected chi connectivity index (χ4v) is 2.48. The van der Waals surface area contributed by atoms with Crippen LogP contribution in [0, 0.1) is 11.6 Å². The number of hydrogen-bond donors (Lipinski definition) is 1. The van der Waals surface area contributed by atoms with Crippen LogP contribution in [0.25, 0.3) is 0 Å². The molecule has 0 saturated heterocycles. The third-order valence-corrected chi connectivity index (χ3v) is 3.79. The molecule has 2 aromatic carbocycles. The highest BCUT2D eigenvalue weighted by atomic mass is 35.5. The molecule has 0 radical (unpaired) electrons. The van der Waals surface area contributed by atoms with Gasteiger partial charge in [-0.1, -0.05) is 41.4 Å². The fraction of sp³-hybridized carbons (Fsp3) is 0.200. The SMILES string of the molecule is NC(Cc1ccc(F)cc1Cl)Cc1cccc(F)c1Cl. The Balaban J connectivity index is 2.09. The topological polar surface area (TPSA) is 26.0 Å². The van der Waals surface area contributed by atoms with E-state index >= 15 is 0 Å². The number of hydrogen-bond acceptors (Lipinski definition) is 1. The Morgan fingerprint density at radius 1 is 1.00 bits per heavy atom. The van der Waals surface area contributed by atoms with Gasteiger partial charge in [-0.3, -0.25) is 0 Å². The zero-order valence-corrected chi connectivity index (χ0v) is 12.1. The van der Waals surface area contributed by atoms with E-state index in [1.165, 1.54) is 18.2 Å². The maximum absolute atomic E-state index is 13.3.